The maximum Gasteiger partial charge on any atom is 0.291 e. The van der Waals surface area contributed by atoms with Gasteiger partial charge in [0.1, 0.15) is 11.3 Å². The van der Waals surface area contributed by atoms with Crippen molar-refractivity contribution < 1.29 is 18.7 Å². The standard InChI is InChI=1S/C21H19ClN2O4S/c22-15-6-2-4-8-17(15)29-13-18(25)23-19-14-5-1-3-7-16(14)28-20(19)21(26)24-9-11-27-12-10-24/h1-8H,9-13H2,(H,23,25). The Kier molecular flexibility index (Phi) is 6.08. The van der Waals surface area contributed by atoms with Crippen LogP contribution < -0.4 is 5.32 Å². The third-order valence-electron chi connectivity index (χ3n) is 4.55. The molecule has 1 N–H and O–H groups in total. The molecule has 1 aliphatic rings. The Morgan fingerprint density at radius 2 is 1.79 bits per heavy atom. The van der Waals surface area contributed by atoms with E-state index in [-0.39, 0.29) is 23.3 Å². The fourth-order valence-corrected chi connectivity index (χ4v) is 4.15. The van der Waals surface area contributed by atoms with Gasteiger partial charge in [-0.2, -0.15) is 0 Å². The lowest BCUT2D eigenvalue weighted by molar-refractivity contribution is -0.113. The molecule has 3 aromatic rings. The summed E-state index contributed by atoms with van der Waals surface area (Å²) >= 11 is 7.49. The van der Waals surface area contributed by atoms with E-state index in [1.807, 2.05) is 36.4 Å². The summed E-state index contributed by atoms with van der Waals surface area (Å²) in [6.45, 7) is 1.96. The van der Waals surface area contributed by atoms with E-state index in [1.165, 1.54) is 11.8 Å². The highest BCUT2D eigenvalue weighted by molar-refractivity contribution is 8.00. The number of hydrogen-bond acceptors (Lipinski definition) is 5. The van der Waals surface area contributed by atoms with Gasteiger partial charge in [-0.05, 0) is 24.3 Å². The lowest BCUT2D eigenvalue weighted by atomic mass is 10.2. The minimum Gasteiger partial charge on any atom is -0.449 e. The third-order valence-corrected chi connectivity index (χ3v) is 6.06. The van der Waals surface area contributed by atoms with E-state index in [1.54, 1.807) is 17.0 Å². The van der Waals surface area contributed by atoms with Gasteiger partial charge in [0, 0.05) is 23.4 Å². The summed E-state index contributed by atoms with van der Waals surface area (Å²) in [4.78, 5) is 28.1. The quantitative estimate of drug-likeness (QED) is 0.611. The number of furan rings is 1. The normalized spacial score (nSPS) is 14.2. The van der Waals surface area contributed by atoms with Crippen molar-refractivity contribution in [2.45, 2.75) is 4.90 Å². The van der Waals surface area contributed by atoms with E-state index in [0.29, 0.717) is 48.0 Å². The number of carbonyl (C=O) groups is 2. The number of thioether (sulfide) groups is 1. The molecule has 0 spiro atoms. The summed E-state index contributed by atoms with van der Waals surface area (Å²) in [5.74, 6) is -0.186. The van der Waals surface area contributed by atoms with Crippen molar-refractivity contribution >= 4 is 51.8 Å². The fraction of sp³-hybridized carbons (Fsp3) is 0.238. The maximum atomic E-state index is 13.0. The minimum atomic E-state index is -0.251. The first-order chi connectivity index (χ1) is 14.1. The SMILES string of the molecule is O=C(CSc1ccccc1Cl)Nc1c(C(=O)N2CCOCC2)oc2ccccc12. The van der Waals surface area contributed by atoms with Crippen LogP contribution in [0.15, 0.2) is 57.8 Å². The highest BCUT2D eigenvalue weighted by Crippen LogP contribution is 2.33. The van der Waals surface area contributed by atoms with Gasteiger partial charge in [-0.25, -0.2) is 0 Å². The van der Waals surface area contributed by atoms with Crippen molar-refractivity contribution in [1.29, 1.82) is 0 Å². The average molecular weight is 431 g/mol. The summed E-state index contributed by atoms with van der Waals surface area (Å²) < 4.78 is 11.1. The number of fused-ring (bicyclic) bond motifs is 1. The second kappa shape index (κ2) is 8.90. The van der Waals surface area contributed by atoms with Crippen LogP contribution in [0.1, 0.15) is 10.6 Å². The average Bonchev–Trinajstić information content (AvgIpc) is 3.11. The minimum absolute atomic E-state index is 0.143. The first kappa shape index (κ1) is 19.8. The molecular formula is C21H19ClN2O4S. The van der Waals surface area contributed by atoms with Gasteiger partial charge in [-0.3, -0.25) is 9.59 Å². The van der Waals surface area contributed by atoms with Crippen molar-refractivity contribution in [3.05, 3.63) is 59.3 Å². The van der Waals surface area contributed by atoms with Crippen molar-refractivity contribution in [1.82, 2.24) is 4.90 Å². The monoisotopic (exact) mass is 430 g/mol. The Hall–Kier alpha value is -2.48. The Balaban J connectivity index is 1.56. The first-order valence-corrected chi connectivity index (χ1v) is 10.6. The van der Waals surface area contributed by atoms with Gasteiger partial charge in [-0.15, -0.1) is 11.8 Å². The number of nitrogens with one attached hydrogen (secondary N) is 1. The molecule has 0 aliphatic carbocycles. The van der Waals surface area contributed by atoms with Crippen molar-refractivity contribution in [2.75, 3.05) is 37.4 Å². The summed E-state index contributed by atoms with van der Waals surface area (Å²) in [6.07, 6.45) is 0. The number of rotatable bonds is 5. The van der Waals surface area contributed by atoms with Crippen LogP contribution in [0.25, 0.3) is 11.0 Å². The van der Waals surface area contributed by atoms with E-state index in [2.05, 4.69) is 5.32 Å². The van der Waals surface area contributed by atoms with Crippen molar-refractivity contribution in [3.63, 3.8) is 0 Å². The highest BCUT2D eigenvalue weighted by Gasteiger charge is 2.27. The molecule has 2 heterocycles. The zero-order chi connectivity index (χ0) is 20.2. The lowest BCUT2D eigenvalue weighted by Crippen LogP contribution is -2.40. The van der Waals surface area contributed by atoms with Crippen molar-refractivity contribution in [2.24, 2.45) is 0 Å². The zero-order valence-corrected chi connectivity index (χ0v) is 17.1. The van der Waals surface area contributed by atoms with Crippen LogP contribution in [0.4, 0.5) is 5.69 Å². The van der Waals surface area contributed by atoms with E-state index >= 15 is 0 Å². The molecule has 150 valence electrons. The van der Waals surface area contributed by atoms with Gasteiger partial charge in [0.25, 0.3) is 5.91 Å². The van der Waals surface area contributed by atoms with E-state index in [0.717, 1.165) is 4.90 Å². The summed E-state index contributed by atoms with van der Waals surface area (Å²) in [6, 6.07) is 14.6. The topological polar surface area (TPSA) is 71.8 Å². The van der Waals surface area contributed by atoms with Gasteiger partial charge in [0.2, 0.25) is 11.7 Å². The van der Waals surface area contributed by atoms with Gasteiger partial charge >= 0.3 is 0 Å². The third kappa shape index (κ3) is 4.42. The molecule has 29 heavy (non-hydrogen) atoms. The number of hydrogen-bond donors (Lipinski definition) is 1. The lowest BCUT2D eigenvalue weighted by Gasteiger charge is -2.26. The predicted octanol–water partition coefficient (Wildman–Crippen LogP) is 4.29. The predicted molar refractivity (Wildman–Crippen MR) is 114 cm³/mol. The Morgan fingerprint density at radius 3 is 2.59 bits per heavy atom. The first-order valence-electron chi connectivity index (χ1n) is 9.19. The maximum absolute atomic E-state index is 13.0. The fourth-order valence-electron chi connectivity index (χ4n) is 3.11. The van der Waals surface area contributed by atoms with Gasteiger partial charge in [-0.1, -0.05) is 35.9 Å². The second-order valence-corrected chi connectivity index (χ2v) is 7.90. The largest absolute Gasteiger partial charge is 0.449 e. The van der Waals surface area contributed by atoms with Gasteiger partial charge in [0.15, 0.2) is 0 Å². The molecule has 2 aromatic carbocycles. The molecule has 6 nitrogen and oxygen atoms in total. The van der Waals surface area contributed by atoms with E-state index in [4.69, 9.17) is 20.8 Å². The molecule has 0 unspecified atom stereocenters. The van der Waals surface area contributed by atoms with Crippen LogP contribution in [0.2, 0.25) is 5.02 Å². The van der Waals surface area contributed by atoms with Crippen LogP contribution in [0.5, 0.6) is 0 Å². The number of halogens is 1. The highest BCUT2D eigenvalue weighted by atomic mass is 35.5. The number of para-hydroxylation sites is 1. The van der Waals surface area contributed by atoms with Crippen molar-refractivity contribution in [3.8, 4) is 0 Å². The molecule has 1 saturated heterocycles. The van der Waals surface area contributed by atoms with Crippen LogP contribution in [0.3, 0.4) is 0 Å². The van der Waals surface area contributed by atoms with E-state index in [9.17, 15) is 9.59 Å². The molecule has 8 heteroatoms. The van der Waals surface area contributed by atoms with Crippen LogP contribution in [-0.4, -0.2) is 48.8 Å². The summed E-state index contributed by atoms with van der Waals surface area (Å²) in [7, 11) is 0. The number of morpholine rings is 1. The van der Waals surface area contributed by atoms with Crippen LogP contribution >= 0.6 is 23.4 Å². The van der Waals surface area contributed by atoms with Gasteiger partial charge < -0.3 is 19.4 Å². The molecule has 0 atom stereocenters. The molecule has 0 saturated carbocycles. The number of carbonyl (C=O) groups excluding carboxylic acids is 2. The molecular weight excluding hydrogens is 412 g/mol. The molecule has 0 radical (unpaired) electrons. The van der Waals surface area contributed by atoms with E-state index < -0.39 is 0 Å². The second-order valence-electron chi connectivity index (χ2n) is 6.47. The molecule has 1 aliphatic heterocycles. The van der Waals surface area contributed by atoms with Crippen LogP contribution in [0, 0.1) is 0 Å². The number of nitrogens with zero attached hydrogens (tertiary/aromatic N) is 1. The smallest absolute Gasteiger partial charge is 0.291 e. The number of anilines is 1. The Bertz CT molecular complexity index is 1050. The molecule has 1 fully saturated rings. The molecule has 2 amide bonds. The summed E-state index contributed by atoms with van der Waals surface area (Å²) in [5, 5.41) is 4.16. The molecule has 1 aromatic heterocycles. The number of amides is 2. The number of ether oxygens (including phenoxy) is 1. The molecule has 4 rings (SSSR count). The summed E-state index contributed by atoms with van der Waals surface area (Å²) in [5.41, 5.74) is 0.958. The molecule has 0 bridgehead atoms. The Morgan fingerprint density at radius 1 is 1.07 bits per heavy atom. The van der Waals surface area contributed by atoms with Crippen LogP contribution in [-0.2, 0) is 9.53 Å². The Labute approximate surface area is 177 Å². The zero-order valence-electron chi connectivity index (χ0n) is 15.5. The van der Waals surface area contributed by atoms with Gasteiger partial charge in [0.05, 0.1) is 24.0 Å². The number of benzene rings is 2.